The number of amides is 2. The van der Waals surface area contributed by atoms with Crippen LogP contribution in [0, 0.1) is 6.92 Å². The van der Waals surface area contributed by atoms with Gasteiger partial charge in [0.05, 0.1) is 11.6 Å². The lowest BCUT2D eigenvalue weighted by Crippen LogP contribution is -2.34. The van der Waals surface area contributed by atoms with Crippen LogP contribution in [0.1, 0.15) is 45.1 Å². The van der Waals surface area contributed by atoms with E-state index >= 15 is 0 Å². The third-order valence-electron chi connectivity index (χ3n) is 6.17. The first-order valence-corrected chi connectivity index (χ1v) is 11.3. The molecule has 0 saturated carbocycles. The summed E-state index contributed by atoms with van der Waals surface area (Å²) in [5.41, 5.74) is 4.75. The molecule has 0 saturated heterocycles. The van der Waals surface area contributed by atoms with Crippen LogP contribution >= 0.6 is 0 Å². The molecule has 2 heterocycles. The summed E-state index contributed by atoms with van der Waals surface area (Å²) in [4.78, 5) is 38.1. The second kappa shape index (κ2) is 8.97. The molecule has 1 atom stereocenters. The number of hydrogen-bond acceptors (Lipinski definition) is 4. The highest BCUT2D eigenvalue weighted by molar-refractivity contribution is 5.94. The Hall–Kier alpha value is -4.20. The fourth-order valence-corrected chi connectivity index (χ4v) is 4.33. The molecule has 34 heavy (non-hydrogen) atoms. The third-order valence-corrected chi connectivity index (χ3v) is 6.17. The van der Waals surface area contributed by atoms with E-state index in [4.69, 9.17) is 0 Å². The average Bonchev–Trinajstić information content (AvgIpc) is 3.39. The predicted molar refractivity (Wildman–Crippen MR) is 127 cm³/mol. The zero-order valence-corrected chi connectivity index (χ0v) is 18.8. The van der Waals surface area contributed by atoms with Gasteiger partial charge in [-0.1, -0.05) is 54.1 Å². The van der Waals surface area contributed by atoms with Crippen molar-refractivity contribution >= 4 is 17.5 Å². The number of aryl methyl sites for hydroxylation is 2. The molecule has 2 amide bonds. The van der Waals surface area contributed by atoms with Crippen LogP contribution in [-0.4, -0.2) is 26.0 Å². The molecule has 2 aromatic heterocycles. The van der Waals surface area contributed by atoms with Gasteiger partial charge >= 0.3 is 5.69 Å². The molecule has 0 bridgehead atoms. The van der Waals surface area contributed by atoms with Crippen LogP contribution in [0.2, 0.25) is 0 Å². The van der Waals surface area contributed by atoms with Gasteiger partial charge in [-0.05, 0) is 48.6 Å². The Labute approximate surface area is 196 Å². The number of fused-ring (bicyclic) bond motifs is 2. The van der Waals surface area contributed by atoms with Gasteiger partial charge in [0.25, 0.3) is 5.91 Å². The first-order chi connectivity index (χ1) is 16.5. The van der Waals surface area contributed by atoms with Crippen molar-refractivity contribution in [3.63, 3.8) is 0 Å². The number of nitrogens with one attached hydrogen (secondary N) is 2. The van der Waals surface area contributed by atoms with E-state index in [9.17, 15) is 14.4 Å². The highest BCUT2D eigenvalue weighted by Gasteiger charge is 2.24. The lowest BCUT2D eigenvalue weighted by atomic mass is 10.1. The van der Waals surface area contributed by atoms with Crippen molar-refractivity contribution in [2.45, 2.75) is 38.9 Å². The number of pyridine rings is 1. The van der Waals surface area contributed by atoms with E-state index in [1.54, 1.807) is 12.1 Å². The Morgan fingerprint density at radius 1 is 1.06 bits per heavy atom. The maximum atomic E-state index is 12.8. The minimum atomic E-state index is -0.467. The molecule has 1 aliphatic carbocycles. The second-order valence-corrected chi connectivity index (χ2v) is 8.61. The van der Waals surface area contributed by atoms with Gasteiger partial charge in [-0.2, -0.15) is 0 Å². The standard InChI is InChI=1S/C26H25N5O3/c1-17-6-8-18(9-7-17)14-27-25(33)20-11-13-23-29-31(26(34)30(23)15-20)16-24(32)28-22-12-10-19-4-2-3-5-21(19)22/h2-9,11,13,15,22H,10,12,14,16H2,1H3,(H,27,33)(H,28,32). The van der Waals surface area contributed by atoms with Crippen molar-refractivity contribution in [1.82, 2.24) is 24.8 Å². The van der Waals surface area contributed by atoms with Gasteiger partial charge in [-0.15, -0.1) is 5.10 Å². The van der Waals surface area contributed by atoms with E-state index in [-0.39, 0.29) is 24.4 Å². The van der Waals surface area contributed by atoms with Crippen molar-refractivity contribution in [2.24, 2.45) is 0 Å². The van der Waals surface area contributed by atoms with Gasteiger partial charge in [0.1, 0.15) is 6.54 Å². The van der Waals surface area contributed by atoms with Crippen LogP contribution in [0.3, 0.4) is 0 Å². The van der Waals surface area contributed by atoms with E-state index in [0.29, 0.717) is 17.8 Å². The topological polar surface area (TPSA) is 97.5 Å². The molecular weight excluding hydrogens is 430 g/mol. The molecule has 5 rings (SSSR count). The van der Waals surface area contributed by atoms with Crippen LogP contribution in [0.5, 0.6) is 0 Å². The highest BCUT2D eigenvalue weighted by atomic mass is 16.2. The molecule has 8 heteroatoms. The van der Waals surface area contributed by atoms with Crippen molar-refractivity contribution in [3.05, 3.63) is 105 Å². The second-order valence-electron chi connectivity index (χ2n) is 8.61. The molecule has 1 aliphatic rings. The molecule has 4 aromatic rings. The number of carbonyl (C=O) groups is 2. The Balaban J connectivity index is 1.27. The molecule has 0 aliphatic heterocycles. The van der Waals surface area contributed by atoms with Gasteiger partial charge in [0, 0.05) is 12.7 Å². The molecule has 172 valence electrons. The van der Waals surface area contributed by atoms with Gasteiger partial charge in [-0.3, -0.25) is 9.59 Å². The predicted octanol–water partition coefficient (Wildman–Crippen LogP) is 2.54. The summed E-state index contributed by atoms with van der Waals surface area (Å²) in [7, 11) is 0. The normalized spacial score (nSPS) is 14.7. The smallest absolute Gasteiger partial charge is 0.348 e. The van der Waals surface area contributed by atoms with Crippen LogP contribution in [0.15, 0.2) is 71.7 Å². The Bertz CT molecular complexity index is 1440. The molecule has 0 radical (unpaired) electrons. The van der Waals surface area contributed by atoms with Crippen LogP contribution in [0.25, 0.3) is 5.65 Å². The number of rotatable bonds is 6. The first kappa shape index (κ1) is 21.6. The zero-order valence-electron chi connectivity index (χ0n) is 18.8. The Morgan fingerprint density at radius 2 is 1.85 bits per heavy atom. The molecule has 0 spiro atoms. The van der Waals surface area contributed by atoms with Crippen molar-refractivity contribution < 1.29 is 9.59 Å². The first-order valence-electron chi connectivity index (χ1n) is 11.3. The summed E-state index contributed by atoms with van der Waals surface area (Å²) in [6, 6.07) is 19.1. The third kappa shape index (κ3) is 4.34. The molecule has 0 fully saturated rings. The van der Waals surface area contributed by atoms with Gasteiger partial charge in [0.2, 0.25) is 5.91 Å². The van der Waals surface area contributed by atoms with E-state index in [2.05, 4.69) is 21.8 Å². The van der Waals surface area contributed by atoms with Crippen molar-refractivity contribution in [1.29, 1.82) is 0 Å². The minimum Gasteiger partial charge on any atom is -0.348 e. The SMILES string of the molecule is Cc1ccc(CNC(=O)c2ccc3nn(CC(=O)NC4CCc5ccccc54)c(=O)n3c2)cc1. The number of benzene rings is 2. The fraction of sp³-hybridized carbons (Fsp3) is 0.231. The maximum absolute atomic E-state index is 12.8. The molecule has 2 aromatic carbocycles. The Kier molecular flexibility index (Phi) is 5.71. The summed E-state index contributed by atoms with van der Waals surface area (Å²) in [6.45, 7) is 2.21. The van der Waals surface area contributed by atoms with E-state index in [1.165, 1.54) is 16.2 Å². The fourth-order valence-electron chi connectivity index (χ4n) is 4.33. The number of nitrogens with zero attached hydrogens (tertiary/aromatic N) is 3. The van der Waals surface area contributed by atoms with E-state index in [1.807, 2.05) is 49.4 Å². The van der Waals surface area contributed by atoms with Crippen LogP contribution in [0.4, 0.5) is 0 Å². The monoisotopic (exact) mass is 455 g/mol. The highest BCUT2D eigenvalue weighted by Crippen LogP contribution is 2.30. The molecule has 1 unspecified atom stereocenters. The number of carbonyl (C=O) groups excluding carboxylic acids is 2. The van der Waals surface area contributed by atoms with Gasteiger partial charge < -0.3 is 10.6 Å². The van der Waals surface area contributed by atoms with Gasteiger partial charge in [-0.25, -0.2) is 13.9 Å². The number of hydrogen-bond donors (Lipinski definition) is 2. The molecule has 8 nitrogen and oxygen atoms in total. The van der Waals surface area contributed by atoms with E-state index < -0.39 is 5.69 Å². The zero-order chi connectivity index (χ0) is 23.7. The minimum absolute atomic E-state index is 0.0553. The van der Waals surface area contributed by atoms with Crippen molar-refractivity contribution in [2.75, 3.05) is 0 Å². The summed E-state index contributed by atoms with van der Waals surface area (Å²) in [5, 5.41) is 10.1. The maximum Gasteiger partial charge on any atom is 0.350 e. The largest absolute Gasteiger partial charge is 0.350 e. The van der Waals surface area contributed by atoms with Crippen LogP contribution < -0.4 is 16.3 Å². The van der Waals surface area contributed by atoms with Crippen molar-refractivity contribution in [3.8, 4) is 0 Å². The quantitative estimate of drug-likeness (QED) is 0.467. The average molecular weight is 456 g/mol. The molecule has 2 N–H and O–H groups in total. The lowest BCUT2D eigenvalue weighted by Gasteiger charge is -2.13. The number of aromatic nitrogens is 3. The molecular formula is C26H25N5O3. The van der Waals surface area contributed by atoms with Crippen LogP contribution in [-0.2, 0) is 24.3 Å². The van der Waals surface area contributed by atoms with Gasteiger partial charge in [0.15, 0.2) is 5.65 Å². The summed E-state index contributed by atoms with van der Waals surface area (Å²) >= 11 is 0. The lowest BCUT2D eigenvalue weighted by molar-refractivity contribution is -0.122. The van der Waals surface area contributed by atoms with E-state index in [0.717, 1.165) is 34.2 Å². The summed E-state index contributed by atoms with van der Waals surface area (Å²) in [5.74, 6) is -0.567. The summed E-state index contributed by atoms with van der Waals surface area (Å²) < 4.78 is 2.42. The summed E-state index contributed by atoms with van der Waals surface area (Å²) in [6.07, 6.45) is 3.22. The Morgan fingerprint density at radius 3 is 2.68 bits per heavy atom.